The van der Waals surface area contributed by atoms with Crippen LogP contribution in [0, 0.1) is 10.1 Å². The lowest BCUT2D eigenvalue weighted by Gasteiger charge is -2.33. The molecule has 0 aliphatic carbocycles. The summed E-state index contributed by atoms with van der Waals surface area (Å²) in [5.74, 6) is 1.69. The molecule has 9 heteroatoms. The van der Waals surface area contributed by atoms with Crippen LogP contribution in [0.25, 0.3) is 10.2 Å². The number of aromatic nitrogens is 2. The highest BCUT2D eigenvalue weighted by molar-refractivity contribution is 7.99. The summed E-state index contributed by atoms with van der Waals surface area (Å²) in [6.07, 6.45) is 2.90. The van der Waals surface area contributed by atoms with Crippen LogP contribution in [-0.4, -0.2) is 26.2 Å². The van der Waals surface area contributed by atoms with Gasteiger partial charge in [-0.3, -0.25) is 10.1 Å². The highest BCUT2D eigenvalue weighted by Gasteiger charge is 2.33. The summed E-state index contributed by atoms with van der Waals surface area (Å²) in [5.41, 5.74) is 2.32. The van der Waals surface area contributed by atoms with Crippen molar-refractivity contribution in [1.82, 2.24) is 9.97 Å². The molecule has 1 atom stereocenters. The zero-order valence-electron chi connectivity index (χ0n) is 17.8. The van der Waals surface area contributed by atoms with Crippen LogP contribution in [0.1, 0.15) is 49.6 Å². The van der Waals surface area contributed by atoms with Gasteiger partial charge in [0.1, 0.15) is 9.86 Å². The molecule has 0 fully saturated rings. The van der Waals surface area contributed by atoms with Crippen molar-refractivity contribution in [1.29, 1.82) is 0 Å². The number of ether oxygens (including phenoxy) is 1. The molecule has 1 aromatic carbocycles. The molecule has 4 rings (SSSR count). The highest BCUT2D eigenvalue weighted by Crippen LogP contribution is 2.43. The number of hydrogen-bond acceptors (Lipinski definition) is 8. The van der Waals surface area contributed by atoms with E-state index in [-0.39, 0.29) is 16.2 Å². The second-order valence-corrected chi connectivity index (χ2v) is 10.9. The summed E-state index contributed by atoms with van der Waals surface area (Å²) in [6.45, 7) is 7.13. The number of rotatable bonds is 8. The van der Waals surface area contributed by atoms with Crippen LogP contribution in [0.3, 0.4) is 0 Å². The fourth-order valence-corrected chi connectivity index (χ4v) is 6.47. The number of nitrogens with zero attached hydrogens (tertiary/aromatic N) is 3. The molecule has 0 saturated carbocycles. The van der Waals surface area contributed by atoms with Crippen LogP contribution in [0.5, 0.6) is 0 Å². The molecule has 164 valence electrons. The van der Waals surface area contributed by atoms with Gasteiger partial charge in [-0.25, -0.2) is 9.97 Å². The first-order chi connectivity index (χ1) is 14.9. The zero-order chi connectivity index (χ0) is 22.0. The van der Waals surface area contributed by atoms with E-state index in [4.69, 9.17) is 14.7 Å². The van der Waals surface area contributed by atoms with Crippen LogP contribution in [0.4, 0.5) is 5.69 Å². The minimum absolute atomic E-state index is 0.113. The van der Waals surface area contributed by atoms with E-state index in [9.17, 15) is 10.1 Å². The van der Waals surface area contributed by atoms with Gasteiger partial charge in [0, 0.05) is 40.3 Å². The Morgan fingerprint density at radius 2 is 2.00 bits per heavy atom. The number of hydrogen-bond donors (Lipinski definition) is 0. The molecule has 0 radical (unpaired) electrons. The summed E-state index contributed by atoms with van der Waals surface area (Å²) in [6, 6.07) is 6.76. The van der Waals surface area contributed by atoms with Crippen molar-refractivity contribution in [2.24, 2.45) is 0 Å². The summed E-state index contributed by atoms with van der Waals surface area (Å²) < 4.78 is 6.16. The van der Waals surface area contributed by atoms with Gasteiger partial charge < -0.3 is 4.74 Å². The molecule has 0 saturated heterocycles. The van der Waals surface area contributed by atoms with Gasteiger partial charge in [-0.05, 0) is 30.9 Å². The fourth-order valence-electron chi connectivity index (χ4n) is 3.48. The third kappa shape index (κ3) is 4.89. The minimum atomic E-state index is -0.368. The number of nitro groups is 1. The van der Waals surface area contributed by atoms with Gasteiger partial charge in [-0.15, -0.1) is 23.1 Å². The van der Waals surface area contributed by atoms with Crippen molar-refractivity contribution in [2.45, 2.75) is 68.2 Å². The van der Waals surface area contributed by atoms with Gasteiger partial charge in [0.25, 0.3) is 5.69 Å². The topological polar surface area (TPSA) is 78.2 Å². The molecular weight excluding hydrogens is 450 g/mol. The summed E-state index contributed by atoms with van der Waals surface area (Å²) in [5, 5.41) is 13.9. The number of non-ortho nitro benzene ring substituents is 1. The average molecular weight is 476 g/mol. The van der Waals surface area contributed by atoms with E-state index in [0.717, 1.165) is 51.0 Å². The molecule has 3 aromatic rings. The average Bonchev–Trinajstić information content (AvgIpc) is 3.13. The van der Waals surface area contributed by atoms with Crippen molar-refractivity contribution in [3.63, 3.8) is 0 Å². The Morgan fingerprint density at radius 1 is 1.23 bits per heavy atom. The quantitative estimate of drug-likeness (QED) is 0.119. The van der Waals surface area contributed by atoms with Crippen molar-refractivity contribution >= 4 is 50.8 Å². The molecule has 0 unspecified atom stereocenters. The van der Waals surface area contributed by atoms with Crippen molar-refractivity contribution in [3.8, 4) is 0 Å². The lowest BCUT2D eigenvalue weighted by Crippen LogP contribution is -2.33. The Hall–Kier alpha value is -1.68. The number of thiophene rings is 1. The summed E-state index contributed by atoms with van der Waals surface area (Å²) in [4.78, 5) is 22.6. The Bertz CT molecular complexity index is 1100. The van der Waals surface area contributed by atoms with E-state index in [1.165, 1.54) is 10.4 Å². The van der Waals surface area contributed by atoms with Gasteiger partial charge in [-0.1, -0.05) is 37.7 Å². The standard InChI is InChI=1S/C22H25N3O3S3/c1-4-10-29-21-23-19(30-13-14-6-8-15(9-7-14)25(26)27)18-16-11-22(3,5-2)28-12-17(16)31-20(18)24-21/h6-9H,4-5,10-13H2,1-3H3/t22-/m0/s1. The molecule has 3 heterocycles. The highest BCUT2D eigenvalue weighted by atomic mass is 32.2. The van der Waals surface area contributed by atoms with E-state index in [1.807, 2.05) is 12.1 Å². The van der Waals surface area contributed by atoms with Crippen LogP contribution < -0.4 is 0 Å². The molecule has 0 N–H and O–H groups in total. The maximum Gasteiger partial charge on any atom is 0.269 e. The second-order valence-electron chi connectivity index (χ2n) is 7.82. The monoisotopic (exact) mass is 475 g/mol. The molecule has 6 nitrogen and oxygen atoms in total. The zero-order valence-corrected chi connectivity index (χ0v) is 20.3. The second kappa shape index (κ2) is 9.44. The predicted molar refractivity (Wildman–Crippen MR) is 128 cm³/mol. The Balaban J connectivity index is 1.69. The minimum Gasteiger partial charge on any atom is -0.369 e. The Labute approximate surface area is 194 Å². The van der Waals surface area contributed by atoms with Crippen LogP contribution >= 0.6 is 34.9 Å². The van der Waals surface area contributed by atoms with Gasteiger partial charge >= 0.3 is 0 Å². The van der Waals surface area contributed by atoms with Gasteiger partial charge in [-0.2, -0.15) is 0 Å². The lowest BCUT2D eigenvalue weighted by molar-refractivity contribution is -0.384. The SMILES string of the molecule is CCCSc1nc(SCc2ccc([N+](=O)[O-])cc2)c2c3c(sc2n1)CO[C@@](C)(CC)C3. The van der Waals surface area contributed by atoms with Crippen molar-refractivity contribution in [3.05, 3.63) is 50.4 Å². The molecule has 1 aliphatic heterocycles. The first-order valence-electron chi connectivity index (χ1n) is 10.4. The van der Waals surface area contributed by atoms with E-state index in [1.54, 1.807) is 47.0 Å². The van der Waals surface area contributed by atoms with Crippen LogP contribution in [0.2, 0.25) is 0 Å². The van der Waals surface area contributed by atoms with E-state index in [2.05, 4.69) is 20.8 Å². The molecule has 0 amide bonds. The van der Waals surface area contributed by atoms with Crippen molar-refractivity contribution < 1.29 is 9.66 Å². The lowest BCUT2D eigenvalue weighted by atomic mass is 9.90. The number of fused-ring (bicyclic) bond motifs is 3. The van der Waals surface area contributed by atoms with E-state index < -0.39 is 0 Å². The first-order valence-corrected chi connectivity index (χ1v) is 13.2. The number of thioether (sulfide) groups is 2. The number of benzene rings is 1. The van der Waals surface area contributed by atoms with Gasteiger partial charge in [0.15, 0.2) is 5.16 Å². The third-order valence-electron chi connectivity index (χ3n) is 5.49. The molecule has 2 aromatic heterocycles. The van der Waals surface area contributed by atoms with E-state index in [0.29, 0.717) is 12.4 Å². The molecule has 0 bridgehead atoms. The van der Waals surface area contributed by atoms with Crippen LogP contribution in [-0.2, 0) is 23.5 Å². The summed E-state index contributed by atoms with van der Waals surface area (Å²) in [7, 11) is 0. The smallest absolute Gasteiger partial charge is 0.269 e. The predicted octanol–water partition coefficient (Wildman–Crippen LogP) is 6.64. The molecule has 1 aliphatic rings. The molecular formula is C22H25N3O3S3. The van der Waals surface area contributed by atoms with Gasteiger partial charge in [0.05, 0.1) is 17.1 Å². The van der Waals surface area contributed by atoms with Gasteiger partial charge in [0.2, 0.25) is 0 Å². The normalized spacial score (nSPS) is 18.3. The van der Waals surface area contributed by atoms with E-state index >= 15 is 0 Å². The molecule has 31 heavy (non-hydrogen) atoms. The van der Waals surface area contributed by atoms with Crippen LogP contribution in [0.15, 0.2) is 34.4 Å². The largest absolute Gasteiger partial charge is 0.369 e. The maximum absolute atomic E-state index is 10.9. The Morgan fingerprint density at radius 3 is 2.68 bits per heavy atom. The number of nitro benzene ring substituents is 1. The Kier molecular flexibility index (Phi) is 6.86. The van der Waals surface area contributed by atoms with Crippen molar-refractivity contribution in [2.75, 3.05) is 5.75 Å². The summed E-state index contributed by atoms with van der Waals surface area (Å²) >= 11 is 5.09. The first kappa shape index (κ1) is 22.5. The third-order valence-corrected chi connectivity index (χ3v) is 8.69. The maximum atomic E-state index is 10.9. The fraction of sp³-hybridized carbons (Fsp3) is 0.455. The molecule has 0 spiro atoms.